The third kappa shape index (κ3) is 2.91. The van der Waals surface area contributed by atoms with E-state index in [-0.39, 0.29) is 12.1 Å². The third-order valence-electron chi connectivity index (χ3n) is 2.75. The van der Waals surface area contributed by atoms with Gasteiger partial charge in [-0.3, -0.25) is 0 Å². The lowest BCUT2D eigenvalue weighted by molar-refractivity contribution is 0.0947. The topological polar surface area (TPSA) is 53.7 Å². The Morgan fingerprint density at radius 1 is 1.18 bits per heavy atom. The van der Waals surface area contributed by atoms with Gasteiger partial charge in [0.25, 0.3) is 0 Å². The molecule has 2 N–H and O–H groups in total. The summed E-state index contributed by atoms with van der Waals surface area (Å²) in [5.74, 6) is 1.39. The molecule has 0 radical (unpaired) electrons. The van der Waals surface area contributed by atoms with Crippen LogP contribution >= 0.6 is 15.9 Å². The third-order valence-corrected chi connectivity index (χ3v) is 3.50. The van der Waals surface area contributed by atoms with E-state index in [1.807, 2.05) is 19.1 Å². The van der Waals surface area contributed by atoms with E-state index in [1.54, 1.807) is 21.3 Å². The summed E-state index contributed by atoms with van der Waals surface area (Å²) in [5.41, 5.74) is 7.00. The second-order valence-electron chi connectivity index (χ2n) is 3.67. The zero-order valence-corrected chi connectivity index (χ0v) is 12.1. The van der Waals surface area contributed by atoms with Gasteiger partial charge in [-0.05, 0) is 35.0 Å². The summed E-state index contributed by atoms with van der Waals surface area (Å²) >= 11 is 3.45. The Morgan fingerprint density at radius 2 is 1.82 bits per heavy atom. The highest BCUT2D eigenvalue weighted by molar-refractivity contribution is 9.10. The number of nitrogens with two attached hydrogens (primary N) is 1. The minimum Gasteiger partial charge on any atom is -0.495 e. The van der Waals surface area contributed by atoms with Crippen molar-refractivity contribution in [3.05, 3.63) is 22.2 Å². The molecule has 5 heteroatoms. The van der Waals surface area contributed by atoms with Crippen LogP contribution in [0.25, 0.3) is 0 Å². The largest absolute Gasteiger partial charge is 0.495 e. The van der Waals surface area contributed by atoms with Crippen molar-refractivity contribution in [2.45, 2.75) is 19.1 Å². The molecule has 0 heterocycles. The van der Waals surface area contributed by atoms with Crippen molar-refractivity contribution >= 4 is 15.9 Å². The molecule has 0 amide bonds. The molecule has 0 aliphatic rings. The second kappa shape index (κ2) is 6.23. The molecule has 2 atom stereocenters. The monoisotopic (exact) mass is 303 g/mol. The van der Waals surface area contributed by atoms with Crippen molar-refractivity contribution < 1.29 is 14.2 Å². The van der Waals surface area contributed by atoms with Crippen LogP contribution in [-0.4, -0.2) is 27.4 Å². The number of benzene rings is 1. The zero-order valence-electron chi connectivity index (χ0n) is 10.5. The van der Waals surface area contributed by atoms with Gasteiger partial charge in [0.15, 0.2) is 0 Å². The molecule has 1 rings (SSSR count). The van der Waals surface area contributed by atoms with Crippen LogP contribution in [0.5, 0.6) is 11.5 Å². The minimum absolute atomic E-state index is 0.0933. The highest BCUT2D eigenvalue weighted by atomic mass is 79.9. The predicted octanol–water partition coefficient (Wildman–Crippen LogP) is 2.50. The normalized spacial score (nSPS) is 14.2. The fourth-order valence-corrected chi connectivity index (χ4v) is 2.26. The van der Waals surface area contributed by atoms with Gasteiger partial charge >= 0.3 is 0 Å². The van der Waals surface area contributed by atoms with Crippen molar-refractivity contribution in [1.82, 2.24) is 0 Å². The van der Waals surface area contributed by atoms with Gasteiger partial charge < -0.3 is 19.9 Å². The molecule has 0 spiro atoms. The Hall–Kier alpha value is -0.780. The smallest absolute Gasteiger partial charge is 0.141 e. The lowest BCUT2D eigenvalue weighted by Gasteiger charge is -2.22. The lowest BCUT2D eigenvalue weighted by atomic mass is 10.0. The van der Waals surface area contributed by atoms with E-state index in [2.05, 4.69) is 15.9 Å². The molecule has 0 aliphatic heterocycles. The molecule has 1 aromatic rings. The lowest BCUT2D eigenvalue weighted by Crippen LogP contribution is -2.25. The molecule has 0 saturated heterocycles. The fraction of sp³-hybridized carbons (Fsp3) is 0.500. The molecule has 0 aromatic heterocycles. The Bertz CT molecular complexity index is 384. The van der Waals surface area contributed by atoms with E-state index in [9.17, 15) is 0 Å². The summed E-state index contributed by atoms with van der Waals surface area (Å²) in [6.45, 7) is 1.92. The van der Waals surface area contributed by atoms with Gasteiger partial charge in [-0.2, -0.15) is 0 Å². The number of methoxy groups -OCH3 is 3. The number of hydrogen-bond donors (Lipinski definition) is 1. The quantitative estimate of drug-likeness (QED) is 0.908. The molecule has 2 unspecified atom stereocenters. The Balaban J connectivity index is 3.20. The Labute approximate surface area is 110 Å². The van der Waals surface area contributed by atoms with E-state index in [1.165, 1.54) is 0 Å². The van der Waals surface area contributed by atoms with Gasteiger partial charge in [-0.15, -0.1) is 0 Å². The molecule has 0 fully saturated rings. The van der Waals surface area contributed by atoms with Crippen LogP contribution in [0.1, 0.15) is 18.5 Å². The highest BCUT2D eigenvalue weighted by Gasteiger charge is 2.21. The van der Waals surface area contributed by atoms with Crippen LogP contribution in [0, 0.1) is 0 Å². The molecular weight excluding hydrogens is 286 g/mol. The van der Waals surface area contributed by atoms with Gasteiger partial charge in [0.05, 0.1) is 26.4 Å². The molecule has 17 heavy (non-hydrogen) atoms. The zero-order chi connectivity index (χ0) is 13.0. The first-order valence-electron chi connectivity index (χ1n) is 5.25. The van der Waals surface area contributed by atoms with Gasteiger partial charge in [0.1, 0.15) is 16.0 Å². The molecule has 4 nitrogen and oxygen atoms in total. The molecule has 0 saturated carbocycles. The van der Waals surface area contributed by atoms with Gasteiger partial charge in [0, 0.05) is 12.7 Å². The summed E-state index contributed by atoms with van der Waals surface area (Å²) in [6, 6.07) is 3.49. The number of halogens is 1. The van der Waals surface area contributed by atoms with Gasteiger partial charge in [0.2, 0.25) is 0 Å². The van der Waals surface area contributed by atoms with Gasteiger partial charge in [-0.25, -0.2) is 0 Å². The maximum absolute atomic E-state index is 6.12. The van der Waals surface area contributed by atoms with Gasteiger partial charge in [-0.1, -0.05) is 0 Å². The minimum atomic E-state index is -0.253. The SMILES string of the molecule is COc1ccc(C(N)C(C)OC)c(OC)c1Br. The highest BCUT2D eigenvalue weighted by Crippen LogP contribution is 2.39. The van der Waals surface area contributed by atoms with Crippen LogP contribution in [0.15, 0.2) is 16.6 Å². The van der Waals surface area contributed by atoms with E-state index >= 15 is 0 Å². The number of hydrogen-bond acceptors (Lipinski definition) is 4. The maximum Gasteiger partial charge on any atom is 0.141 e. The van der Waals surface area contributed by atoms with Crippen LogP contribution in [0.4, 0.5) is 0 Å². The average molecular weight is 304 g/mol. The molecule has 96 valence electrons. The van der Waals surface area contributed by atoms with Crippen LogP contribution < -0.4 is 15.2 Å². The maximum atomic E-state index is 6.12. The first-order valence-corrected chi connectivity index (χ1v) is 6.04. The summed E-state index contributed by atoms with van der Waals surface area (Å²) in [4.78, 5) is 0. The molecule has 1 aromatic carbocycles. The first kappa shape index (κ1) is 14.3. The predicted molar refractivity (Wildman–Crippen MR) is 70.6 cm³/mol. The average Bonchev–Trinajstić information content (AvgIpc) is 2.36. The summed E-state index contributed by atoms with van der Waals surface area (Å²) in [6.07, 6.45) is -0.0933. The van der Waals surface area contributed by atoms with Crippen molar-refractivity contribution in [3.8, 4) is 11.5 Å². The fourth-order valence-electron chi connectivity index (χ4n) is 1.58. The van der Waals surface area contributed by atoms with E-state index < -0.39 is 0 Å². The standard InChI is InChI=1S/C12H18BrNO3/c1-7(15-2)11(14)8-5-6-9(16-3)10(13)12(8)17-4/h5-7,11H,14H2,1-4H3. The van der Waals surface area contributed by atoms with E-state index in [0.717, 1.165) is 10.0 Å². The van der Waals surface area contributed by atoms with Crippen LogP contribution in [0.2, 0.25) is 0 Å². The van der Waals surface area contributed by atoms with Crippen molar-refractivity contribution in [2.24, 2.45) is 5.73 Å². The van der Waals surface area contributed by atoms with E-state index in [4.69, 9.17) is 19.9 Å². The number of rotatable bonds is 5. The Kier molecular flexibility index (Phi) is 5.24. The summed E-state index contributed by atoms with van der Waals surface area (Å²) < 4.78 is 16.6. The molecule has 0 bridgehead atoms. The van der Waals surface area contributed by atoms with Crippen LogP contribution in [0.3, 0.4) is 0 Å². The molecular formula is C12H18BrNO3. The van der Waals surface area contributed by atoms with E-state index in [0.29, 0.717) is 11.5 Å². The van der Waals surface area contributed by atoms with Crippen molar-refractivity contribution in [1.29, 1.82) is 0 Å². The molecule has 0 aliphatic carbocycles. The van der Waals surface area contributed by atoms with Crippen LogP contribution in [-0.2, 0) is 4.74 Å². The first-order chi connectivity index (χ1) is 8.06. The second-order valence-corrected chi connectivity index (χ2v) is 4.46. The Morgan fingerprint density at radius 3 is 2.29 bits per heavy atom. The summed E-state index contributed by atoms with van der Waals surface area (Å²) in [5, 5.41) is 0. The summed E-state index contributed by atoms with van der Waals surface area (Å²) in [7, 11) is 4.85. The van der Waals surface area contributed by atoms with Crippen molar-refractivity contribution in [2.75, 3.05) is 21.3 Å². The number of ether oxygens (including phenoxy) is 3. The van der Waals surface area contributed by atoms with Crippen molar-refractivity contribution in [3.63, 3.8) is 0 Å².